The van der Waals surface area contributed by atoms with E-state index in [1.54, 1.807) is 0 Å². The minimum absolute atomic E-state index is 0.749. The number of hydrogen-bond donors (Lipinski definition) is 1. The summed E-state index contributed by atoms with van der Waals surface area (Å²) < 4.78 is 5.76. The van der Waals surface area contributed by atoms with E-state index in [1.165, 1.54) is 25.7 Å². The molecule has 2 aliphatic rings. The summed E-state index contributed by atoms with van der Waals surface area (Å²) in [5, 5.41) is 4.46. The molecular formula is C17H25ClN2O. The first-order valence-corrected chi connectivity index (χ1v) is 8.43. The van der Waals surface area contributed by atoms with Crippen LogP contribution >= 0.6 is 11.6 Å². The normalized spacial score (nSPS) is 28.0. The lowest BCUT2D eigenvalue weighted by Crippen LogP contribution is -2.47. The van der Waals surface area contributed by atoms with Crippen LogP contribution in [-0.4, -0.2) is 43.2 Å². The molecule has 0 saturated carbocycles. The standard InChI is InChI=1S/C17H25ClN2O/c1-20(16-11-14-5-6-15(12-16)19-14)9-2-10-21-17-7-3-13(18)4-8-17/h3-4,7-8,14-16,19H,2,5-6,9-12H2,1H3. The summed E-state index contributed by atoms with van der Waals surface area (Å²) in [6.45, 7) is 1.88. The van der Waals surface area contributed by atoms with Gasteiger partial charge in [0.15, 0.2) is 0 Å². The van der Waals surface area contributed by atoms with Gasteiger partial charge in [0.05, 0.1) is 6.61 Å². The van der Waals surface area contributed by atoms with E-state index < -0.39 is 0 Å². The maximum absolute atomic E-state index is 5.86. The van der Waals surface area contributed by atoms with Crippen LogP contribution in [-0.2, 0) is 0 Å². The number of ether oxygens (including phenoxy) is 1. The summed E-state index contributed by atoms with van der Waals surface area (Å²) in [4.78, 5) is 2.53. The van der Waals surface area contributed by atoms with Crippen LogP contribution in [0.15, 0.2) is 24.3 Å². The maximum atomic E-state index is 5.86. The average Bonchev–Trinajstić information content (AvgIpc) is 2.83. The van der Waals surface area contributed by atoms with Gasteiger partial charge in [-0.1, -0.05) is 11.6 Å². The molecule has 116 valence electrons. The Kier molecular flexibility index (Phi) is 5.04. The molecule has 0 spiro atoms. The fraction of sp³-hybridized carbons (Fsp3) is 0.647. The number of fused-ring (bicyclic) bond motifs is 2. The smallest absolute Gasteiger partial charge is 0.119 e. The number of halogens is 1. The van der Waals surface area contributed by atoms with Crippen molar-refractivity contribution in [2.45, 2.75) is 50.2 Å². The van der Waals surface area contributed by atoms with E-state index in [9.17, 15) is 0 Å². The Labute approximate surface area is 132 Å². The highest BCUT2D eigenvalue weighted by Gasteiger charge is 2.34. The first-order valence-electron chi connectivity index (χ1n) is 8.05. The Morgan fingerprint density at radius 1 is 1.19 bits per heavy atom. The van der Waals surface area contributed by atoms with Gasteiger partial charge in [-0.25, -0.2) is 0 Å². The molecule has 4 heteroatoms. The van der Waals surface area contributed by atoms with E-state index in [0.717, 1.165) is 48.5 Å². The highest BCUT2D eigenvalue weighted by molar-refractivity contribution is 6.30. The van der Waals surface area contributed by atoms with Crippen molar-refractivity contribution in [1.29, 1.82) is 0 Å². The van der Waals surface area contributed by atoms with E-state index in [4.69, 9.17) is 16.3 Å². The molecule has 2 aliphatic heterocycles. The second-order valence-electron chi connectivity index (χ2n) is 6.40. The summed E-state index contributed by atoms with van der Waals surface area (Å²) in [7, 11) is 2.26. The van der Waals surface area contributed by atoms with Crippen molar-refractivity contribution in [3.05, 3.63) is 29.3 Å². The molecule has 21 heavy (non-hydrogen) atoms. The molecule has 0 radical (unpaired) electrons. The quantitative estimate of drug-likeness (QED) is 0.816. The minimum Gasteiger partial charge on any atom is -0.494 e. The predicted octanol–water partition coefficient (Wildman–Crippen LogP) is 3.32. The van der Waals surface area contributed by atoms with Crippen LogP contribution in [0.1, 0.15) is 32.1 Å². The van der Waals surface area contributed by atoms with E-state index in [1.807, 2.05) is 24.3 Å². The van der Waals surface area contributed by atoms with Gasteiger partial charge in [-0.05, 0) is 63.4 Å². The van der Waals surface area contributed by atoms with Gasteiger partial charge in [0.1, 0.15) is 5.75 Å². The molecule has 2 fully saturated rings. The Bertz CT molecular complexity index is 439. The van der Waals surface area contributed by atoms with Crippen molar-refractivity contribution >= 4 is 11.6 Å². The second kappa shape index (κ2) is 6.99. The van der Waals surface area contributed by atoms with Crippen molar-refractivity contribution in [3.8, 4) is 5.75 Å². The fourth-order valence-corrected chi connectivity index (χ4v) is 3.73. The first kappa shape index (κ1) is 15.1. The molecule has 0 amide bonds. The van der Waals surface area contributed by atoms with Gasteiger partial charge < -0.3 is 15.0 Å². The van der Waals surface area contributed by atoms with Gasteiger partial charge in [-0.15, -0.1) is 0 Å². The van der Waals surface area contributed by atoms with Gasteiger partial charge in [-0.2, -0.15) is 0 Å². The lowest BCUT2D eigenvalue weighted by Gasteiger charge is -2.35. The summed E-state index contributed by atoms with van der Waals surface area (Å²) in [5.41, 5.74) is 0. The number of rotatable bonds is 6. The van der Waals surface area contributed by atoms with Gasteiger partial charge in [0.25, 0.3) is 0 Å². The zero-order chi connectivity index (χ0) is 14.7. The molecule has 2 atom stereocenters. The maximum Gasteiger partial charge on any atom is 0.119 e. The molecule has 2 saturated heterocycles. The summed E-state index contributed by atoms with van der Waals surface area (Å²) in [6.07, 6.45) is 6.43. The van der Waals surface area contributed by atoms with Crippen LogP contribution in [0.3, 0.4) is 0 Å². The molecular weight excluding hydrogens is 284 g/mol. The van der Waals surface area contributed by atoms with E-state index in [-0.39, 0.29) is 0 Å². The van der Waals surface area contributed by atoms with Crippen molar-refractivity contribution in [2.24, 2.45) is 0 Å². The highest BCUT2D eigenvalue weighted by atomic mass is 35.5. The molecule has 1 aromatic rings. The summed E-state index contributed by atoms with van der Waals surface area (Å²) in [6, 6.07) is 9.87. The third-order valence-electron chi connectivity index (χ3n) is 4.81. The van der Waals surface area contributed by atoms with E-state index in [2.05, 4.69) is 17.3 Å². The third kappa shape index (κ3) is 4.12. The number of nitrogens with zero attached hydrogens (tertiary/aromatic N) is 1. The molecule has 0 aromatic heterocycles. The SMILES string of the molecule is CN(CCCOc1ccc(Cl)cc1)C1CC2CCC(C1)N2. The lowest BCUT2D eigenvalue weighted by atomic mass is 9.98. The lowest BCUT2D eigenvalue weighted by molar-refractivity contribution is 0.161. The highest BCUT2D eigenvalue weighted by Crippen LogP contribution is 2.29. The largest absolute Gasteiger partial charge is 0.494 e. The number of nitrogens with one attached hydrogen (secondary N) is 1. The van der Waals surface area contributed by atoms with Crippen molar-refractivity contribution < 1.29 is 4.74 Å². The second-order valence-corrected chi connectivity index (χ2v) is 6.84. The fourth-order valence-electron chi connectivity index (χ4n) is 3.60. The zero-order valence-corrected chi connectivity index (χ0v) is 13.5. The summed E-state index contributed by atoms with van der Waals surface area (Å²) in [5.74, 6) is 0.905. The topological polar surface area (TPSA) is 24.5 Å². The van der Waals surface area contributed by atoms with Gasteiger partial charge in [0.2, 0.25) is 0 Å². The molecule has 3 rings (SSSR count). The molecule has 2 bridgehead atoms. The Hall–Kier alpha value is -0.770. The Morgan fingerprint density at radius 3 is 2.52 bits per heavy atom. The van der Waals surface area contributed by atoms with Crippen LogP contribution in [0, 0.1) is 0 Å². The minimum atomic E-state index is 0.749. The Morgan fingerprint density at radius 2 is 1.86 bits per heavy atom. The molecule has 1 N–H and O–H groups in total. The van der Waals surface area contributed by atoms with Gasteiger partial charge >= 0.3 is 0 Å². The Balaban J connectivity index is 1.36. The molecule has 2 unspecified atom stereocenters. The zero-order valence-electron chi connectivity index (χ0n) is 12.7. The number of piperidine rings is 1. The van der Waals surface area contributed by atoms with Crippen LogP contribution in [0.5, 0.6) is 5.75 Å². The van der Waals surface area contributed by atoms with Crippen molar-refractivity contribution in [3.63, 3.8) is 0 Å². The summed E-state index contributed by atoms with van der Waals surface area (Å²) >= 11 is 5.86. The van der Waals surface area contributed by atoms with Gasteiger partial charge in [0, 0.05) is 29.7 Å². The van der Waals surface area contributed by atoms with E-state index in [0.29, 0.717) is 0 Å². The molecule has 3 nitrogen and oxygen atoms in total. The molecule has 1 aromatic carbocycles. The van der Waals surface area contributed by atoms with Crippen LogP contribution < -0.4 is 10.1 Å². The number of benzene rings is 1. The van der Waals surface area contributed by atoms with E-state index >= 15 is 0 Å². The molecule has 2 heterocycles. The average molecular weight is 309 g/mol. The van der Waals surface area contributed by atoms with Crippen molar-refractivity contribution in [1.82, 2.24) is 10.2 Å². The molecule has 0 aliphatic carbocycles. The monoisotopic (exact) mass is 308 g/mol. The van der Waals surface area contributed by atoms with Gasteiger partial charge in [-0.3, -0.25) is 0 Å². The first-order chi connectivity index (χ1) is 10.2. The van der Waals surface area contributed by atoms with Crippen LogP contribution in [0.25, 0.3) is 0 Å². The van der Waals surface area contributed by atoms with Crippen LogP contribution in [0.4, 0.5) is 0 Å². The third-order valence-corrected chi connectivity index (χ3v) is 5.06. The van der Waals surface area contributed by atoms with Crippen LogP contribution in [0.2, 0.25) is 5.02 Å². The predicted molar refractivity (Wildman–Crippen MR) is 87.2 cm³/mol. The van der Waals surface area contributed by atoms with Crippen molar-refractivity contribution in [2.75, 3.05) is 20.2 Å². The number of hydrogen-bond acceptors (Lipinski definition) is 3.